The second kappa shape index (κ2) is 5.75. The van der Waals surface area contributed by atoms with Gasteiger partial charge in [-0.2, -0.15) is 0 Å². The van der Waals surface area contributed by atoms with Crippen molar-refractivity contribution in [3.05, 3.63) is 47.5 Å². The minimum atomic E-state index is -0.467. The first-order valence-corrected chi connectivity index (χ1v) is 4.57. The maximum absolute atomic E-state index is 11.3. The van der Waals surface area contributed by atoms with Crippen LogP contribution in [0.1, 0.15) is 12.5 Å². The Bertz CT molecular complexity index is 366. The fourth-order valence-corrected chi connectivity index (χ4v) is 1.01. The highest BCUT2D eigenvalue weighted by molar-refractivity contribution is 5.91. The van der Waals surface area contributed by atoms with Crippen LogP contribution in [0.2, 0.25) is 0 Å². The summed E-state index contributed by atoms with van der Waals surface area (Å²) in [4.78, 5) is 21.4. The van der Waals surface area contributed by atoms with E-state index >= 15 is 0 Å². The predicted octanol–water partition coefficient (Wildman–Crippen LogP) is 1.88. The van der Waals surface area contributed by atoms with Gasteiger partial charge in [0.15, 0.2) is 0 Å². The molecule has 0 amide bonds. The summed E-state index contributed by atoms with van der Waals surface area (Å²) in [5, 5.41) is 0. The van der Waals surface area contributed by atoms with Crippen molar-refractivity contribution in [2.45, 2.75) is 13.5 Å². The highest BCUT2D eigenvalue weighted by atomic mass is 16.5. The van der Waals surface area contributed by atoms with Gasteiger partial charge in [0.2, 0.25) is 0 Å². The van der Waals surface area contributed by atoms with E-state index in [1.807, 2.05) is 30.3 Å². The number of benzene rings is 1. The van der Waals surface area contributed by atoms with E-state index in [4.69, 9.17) is 4.74 Å². The molecule has 0 saturated heterocycles. The van der Waals surface area contributed by atoms with Gasteiger partial charge < -0.3 is 4.74 Å². The van der Waals surface area contributed by atoms with E-state index < -0.39 is 5.97 Å². The van der Waals surface area contributed by atoms with Crippen molar-refractivity contribution < 1.29 is 14.3 Å². The molecule has 15 heavy (non-hydrogen) atoms. The molecule has 0 atom stereocenters. The number of rotatable bonds is 4. The third kappa shape index (κ3) is 3.77. The van der Waals surface area contributed by atoms with Crippen LogP contribution in [0.15, 0.2) is 42.0 Å². The van der Waals surface area contributed by atoms with Crippen molar-refractivity contribution in [3.63, 3.8) is 0 Å². The molecule has 0 aliphatic carbocycles. The number of allylic oxidation sites excluding steroid dienone is 1. The monoisotopic (exact) mass is 204 g/mol. The van der Waals surface area contributed by atoms with Crippen LogP contribution in [0.3, 0.4) is 0 Å². The van der Waals surface area contributed by atoms with E-state index in [9.17, 15) is 9.59 Å². The number of carbonyl (C=O) groups is 2. The van der Waals surface area contributed by atoms with Crippen molar-refractivity contribution in [1.29, 1.82) is 0 Å². The van der Waals surface area contributed by atoms with Crippen molar-refractivity contribution >= 4 is 12.3 Å². The van der Waals surface area contributed by atoms with Gasteiger partial charge in [0.1, 0.15) is 12.9 Å². The maximum atomic E-state index is 11.3. The Morgan fingerprint density at radius 3 is 2.60 bits per heavy atom. The molecule has 0 aliphatic rings. The zero-order valence-electron chi connectivity index (χ0n) is 8.47. The van der Waals surface area contributed by atoms with E-state index in [-0.39, 0.29) is 6.61 Å². The van der Waals surface area contributed by atoms with Crippen LogP contribution < -0.4 is 0 Å². The first kappa shape index (κ1) is 11.2. The molecule has 78 valence electrons. The summed E-state index contributed by atoms with van der Waals surface area (Å²) in [6.07, 6.45) is 1.76. The maximum Gasteiger partial charge on any atom is 0.334 e. The second-order valence-electron chi connectivity index (χ2n) is 3.05. The third-order valence-corrected chi connectivity index (χ3v) is 1.85. The zero-order chi connectivity index (χ0) is 11.1. The average molecular weight is 204 g/mol. The first-order chi connectivity index (χ1) is 7.24. The molecule has 1 rings (SSSR count). The van der Waals surface area contributed by atoms with Gasteiger partial charge in [0, 0.05) is 5.57 Å². The number of hydrogen-bond acceptors (Lipinski definition) is 3. The SMILES string of the molecule is CC(=CC=O)C(=O)OCc1ccccc1. The van der Waals surface area contributed by atoms with Gasteiger partial charge in [-0.15, -0.1) is 0 Å². The molecule has 0 aromatic heterocycles. The van der Waals surface area contributed by atoms with Crippen LogP contribution >= 0.6 is 0 Å². The number of carbonyl (C=O) groups excluding carboxylic acids is 2. The smallest absolute Gasteiger partial charge is 0.334 e. The fraction of sp³-hybridized carbons (Fsp3) is 0.167. The first-order valence-electron chi connectivity index (χ1n) is 4.57. The molecule has 0 radical (unpaired) electrons. The summed E-state index contributed by atoms with van der Waals surface area (Å²) < 4.78 is 4.98. The van der Waals surface area contributed by atoms with Gasteiger partial charge in [-0.05, 0) is 18.6 Å². The van der Waals surface area contributed by atoms with Crippen molar-refractivity contribution in [3.8, 4) is 0 Å². The second-order valence-corrected chi connectivity index (χ2v) is 3.05. The molecule has 0 unspecified atom stereocenters. The Balaban J connectivity index is 2.48. The van der Waals surface area contributed by atoms with Crippen molar-refractivity contribution in [1.82, 2.24) is 0 Å². The number of hydrogen-bond donors (Lipinski definition) is 0. The summed E-state index contributed by atoms with van der Waals surface area (Å²) >= 11 is 0. The Morgan fingerprint density at radius 1 is 1.33 bits per heavy atom. The minimum absolute atomic E-state index is 0.226. The highest BCUT2D eigenvalue weighted by Crippen LogP contribution is 2.03. The van der Waals surface area contributed by atoms with Gasteiger partial charge in [-0.25, -0.2) is 4.79 Å². The molecule has 1 aromatic carbocycles. The molecular formula is C12H12O3. The summed E-state index contributed by atoms with van der Waals surface area (Å²) in [7, 11) is 0. The Labute approximate surface area is 88.4 Å². The highest BCUT2D eigenvalue weighted by Gasteiger charge is 2.04. The molecule has 0 bridgehead atoms. The normalized spacial score (nSPS) is 10.9. The zero-order valence-corrected chi connectivity index (χ0v) is 8.47. The Hall–Kier alpha value is -1.90. The number of ether oxygens (including phenoxy) is 1. The van der Waals surface area contributed by atoms with Gasteiger partial charge >= 0.3 is 5.97 Å². The van der Waals surface area contributed by atoms with Gasteiger partial charge in [-0.3, -0.25) is 4.79 Å². The van der Waals surface area contributed by atoms with Crippen molar-refractivity contribution in [2.24, 2.45) is 0 Å². The molecule has 0 heterocycles. The van der Waals surface area contributed by atoms with Crippen LogP contribution in [0.25, 0.3) is 0 Å². The lowest BCUT2D eigenvalue weighted by Gasteiger charge is -2.03. The topological polar surface area (TPSA) is 43.4 Å². The van der Waals surface area contributed by atoms with Crippen LogP contribution in [-0.2, 0) is 20.9 Å². The van der Waals surface area contributed by atoms with Gasteiger partial charge in [0.05, 0.1) is 0 Å². The van der Waals surface area contributed by atoms with E-state index in [2.05, 4.69) is 0 Å². The Morgan fingerprint density at radius 2 is 2.00 bits per heavy atom. The lowest BCUT2D eigenvalue weighted by Crippen LogP contribution is -2.05. The molecule has 0 fully saturated rings. The summed E-state index contributed by atoms with van der Waals surface area (Å²) in [6, 6.07) is 9.37. The molecular weight excluding hydrogens is 192 g/mol. The molecule has 3 heteroatoms. The van der Waals surface area contributed by atoms with E-state index in [0.29, 0.717) is 11.9 Å². The van der Waals surface area contributed by atoms with Crippen LogP contribution in [-0.4, -0.2) is 12.3 Å². The standard InChI is InChI=1S/C12H12O3/c1-10(7-8-13)12(14)15-9-11-5-3-2-4-6-11/h2-8H,9H2,1H3. The molecule has 0 saturated carbocycles. The van der Waals surface area contributed by atoms with E-state index in [0.717, 1.165) is 5.56 Å². The van der Waals surface area contributed by atoms with Crippen LogP contribution in [0.4, 0.5) is 0 Å². The Kier molecular flexibility index (Phi) is 4.29. The molecule has 0 N–H and O–H groups in total. The molecule has 0 spiro atoms. The fourth-order valence-electron chi connectivity index (χ4n) is 1.01. The number of esters is 1. The summed E-state index contributed by atoms with van der Waals surface area (Å²) in [6.45, 7) is 1.77. The lowest BCUT2D eigenvalue weighted by atomic mass is 10.2. The predicted molar refractivity (Wildman–Crippen MR) is 56.1 cm³/mol. The van der Waals surface area contributed by atoms with Crippen LogP contribution in [0, 0.1) is 0 Å². The van der Waals surface area contributed by atoms with Gasteiger partial charge in [-0.1, -0.05) is 30.3 Å². The summed E-state index contributed by atoms with van der Waals surface area (Å²) in [5.41, 5.74) is 1.23. The van der Waals surface area contributed by atoms with E-state index in [1.54, 1.807) is 6.92 Å². The quantitative estimate of drug-likeness (QED) is 0.427. The number of aldehydes is 1. The third-order valence-electron chi connectivity index (χ3n) is 1.85. The lowest BCUT2D eigenvalue weighted by molar-refractivity contribution is -0.140. The van der Waals surface area contributed by atoms with Crippen molar-refractivity contribution in [2.75, 3.05) is 0 Å². The molecule has 3 nitrogen and oxygen atoms in total. The molecule has 1 aromatic rings. The molecule has 0 aliphatic heterocycles. The van der Waals surface area contributed by atoms with Crippen LogP contribution in [0.5, 0.6) is 0 Å². The average Bonchev–Trinajstić information content (AvgIpc) is 2.27. The van der Waals surface area contributed by atoms with E-state index in [1.165, 1.54) is 6.08 Å². The minimum Gasteiger partial charge on any atom is -0.457 e. The largest absolute Gasteiger partial charge is 0.457 e. The van der Waals surface area contributed by atoms with Gasteiger partial charge in [0.25, 0.3) is 0 Å². The summed E-state index contributed by atoms with van der Waals surface area (Å²) in [5.74, 6) is -0.467.